The Bertz CT molecular complexity index is 492. The van der Waals surface area contributed by atoms with E-state index < -0.39 is 38.0 Å². The maximum Gasteiger partial charge on any atom is 0.319 e. The number of hydrogen-bond acceptors (Lipinski definition) is 5. The molecule has 0 saturated heterocycles. The van der Waals surface area contributed by atoms with E-state index in [4.69, 9.17) is 4.74 Å². The van der Waals surface area contributed by atoms with Crippen molar-refractivity contribution in [2.75, 3.05) is 12.4 Å². The lowest BCUT2D eigenvalue weighted by molar-refractivity contribution is -0.157. The van der Waals surface area contributed by atoms with Crippen LogP contribution in [0.4, 0.5) is 0 Å². The van der Waals surface area contributed by atoms with Crippen LogP contribution >= 0.6 is 0 Å². The Labute approximate surface area is 127 Å². The molecule has 0 spiro atoms. The van der Waals surface area contributed by atoms with Gasteiger partial charge >= 0.3 is 5.97 Å². The number of hydrogen-bond donors (Lipinski definition) is 0. The Kier molecular flexibility index (Phi) is 5.96. The lowest BCUT2D eigenvalue weighted by Crippen LogP contribution is -2.41. The number of ether oxygens (including phenoxy) is 1. The first kappa shape index (κ1) is 18.1. The van der Waals surface area contributed by atoms with Crippen LogP contribution in [0.1, 0.15) is 53.4 Å². The zero-order valence-electron chi connectivity index (χ0n) is 13.3. The van der Waals surface area contributed by atoms with E-state index in [1.165, 1.54) is 13.8 Å². The molecule has 0 radical (unpaired) electrons. The quantitative estimate of drug-likeness (QED) is 0.554. The third kappa shape index (κ3) is 4.53. The predicted octanol–water partition coefficient (Wildman–Crippen LogP) is 2.14. The number of esters is 1. The number of Topliss-reactive ketones (excluding diaryl/α,β-unsaturated/α-hetero) is 1. The van der Waals surface area contributed by atoms with E-state index in [0.29, 0.717) is 18.8 Å². The van der Waals surface area contributed by atoms with E-state index in [0.717, 1.165) is 12.8 Å². The summed E-state index contributed by atoms with van der Waals surface area (Å²) in [5, 5.41) is -0.455. The maximum atomic E-state index is 12.4. The first-order valence-electron chi connectivity index (χ1n) is 7.53. The van der Waals surface area contributed by atoms with Crippen LogP contribution in [-0.2, 0) is 24.2 Å². The molecule has 0 heterocycles. The standard InChI is InChI=1S/C15H26O5S/c1-5-20-14(17)15(3,4)13(16)10-21(18,19)12-8-6-7-11(2)9-12/h11-12H,5-10H2,1-4H3. The summed E-state index contributed by atoms with van der Waals surface area (Å²) in [6, 6.07) is 0. The Morgan fingerprint density at radius 2 is 1.86 bits per heavy atom. The highest BCUT2D eigenvalue weighted by molar-refractivity contribution is 7.92. The third-order valence-electron chi connectivity index (χ3n) is 4.21. The predicted molar refractivity (Wildman–Crippen MR) is 80.6 cm³/mol. The molecule has 0 aromatic heterocycles. The molecule has 0 aromatic carbocycles. The largest absolute Gasteiger partial charge is 0.465 e. The summed E-state index contributed by atoms with van der Waals surface area (Å²) in [6.45, 7) is 6.70. The molecule has 0 amide bonds. The third-order valence-corrected chi connectivity index (χ3v) is 6.32. The maximum absolute atomic E-state index is 12.4. The molecule has 2 unspecified atom stereocenters. The van der Waals surface area contributed by atoms with Gasteiger partial charge in [0.25, 0.3) is 0 Å². The van der Waals surface area contributed by atoms with E-state index in [2.05, 4.69) is 0 Å². The van der Waals surface area contributed by atoms with E-state index in [9.17, 15) is 18.0 Å². The van der Waals surface area contributed by atoms with Gasteiger partial charge in [-0.15, -0.1) is 0 Å². The Morgan fingerprint density at radius 1 is 1.24 bits per heavy atom. The number of sulfone groups is 1. The summed E-state index contributed by atoms with van der Waals surface area (Å²) in [4.78, 5) is 24.0. The van der Waals surface area contributed by atoms with Crippen molar-refractivity contribution >= 4 is 21.6 Å². The Hall–Kier alpha value is -0.910. The van der Waals surface area contributed by atoms with E-state index >= 15 is 0 Å². The van der Waals surface area contributed by atoms with Gasteiger partial charge in [-0.2, -0.15) is 0 Å². The van der Waals surface area contributed by atoms with Gasteiger partial charge in [-0.1, -0.05) is 19.8 Å². The molecule has 0 bridgehead atoms. The second kappa shape index (κ2) is 6.90. The monoisotopic (exact) mass is 318 g/mol. The molecule has 1 aliphatic carbocycles. The Morgan fingerprint density at radius 3 is 2.38 bits per heavy atom. The molecule has 1 aliphatic rings. The van der Waals surface area contributed by atoms with Crippen LogP contribution in [0.2, 0.25) is 0 Å². The number of rotatable bonds is 6. The van der Waals surface area contributed by atoms with Gasteiger partial charge in [-0.25, -0.2) is 8.42 Å². The van der Waals surface area contributed by atoms with Gasteiger partial charge in [-0.05, 0) is 39.5 Å². The van der Waals surface area contributed by atoms with Crippen molar-refractivity contribution in [3.63, 3.8) is 0 Å². The van der Waals surface area contributed by atoms with Gasteiger partial charge < -0.3 is 4.74 Å². The van der Waals surface area contributed by atoms with Crippen LogP contribution in [0.3, 0.4) is 0 Å². The first-order valence-corrected chi connectivity index (χ1v) is 9.25. The van der Waals surface area contributed by atoms with Gasteiger partial charge in [0.15, 0.2) is 15.6 Å². The van der Waals surface area contributed by atoms with Crippen molar-refractivity contribution in [3.05, 3.63) is 0 Å². The van der Waals surface area contributed by atoms with Crippen LogP contribution in [0.15, 0.2) is 0 Å². The van der Waals surface area contributed by atoms with E-state index in [1.807, 2.05) is 6.92 Å². The molecule has 1 rings (SSSR count). The smallest absolute Gasteiger partial charge is 0.319 e. The van der Waals surface area contributed by atoms with Crippen molar-refractivity contribution in [2.24, 2.45) is 11.3 Å². The van der Waals surface area contributed by atoms with E-state index in [-0.39, 0.29) is 6.61 Å². The van der Waals surface area contributed by atoms with E-state index in [1.54, 1.807) is 6.92 Å². The summed E-state index contributed by atoms with van der Waals surface area (Å²) < 4.78 is 29.6. The van der Waals surface area contributed by atoms with Crippen molar-refractivity contribution in [1.82, 2.24) is 0 Å². The molecule has 0 N–H and O–H groups in total. The number of ketones is 1. The van der Waals surface area contributed by atoms with Crippen LogP contribution in [0.5, 0.6) is 0 Å². The highest BCUT2D eigenvalue weighted by Gasteiger charge is 2.41. The molecule has 2 atom stereocenters. The van der Waals surface area contributed by atoms with Crippen molar-refractivity contribution in [1.29, 1.82) is 0 Å². The molecule has 21 heavy (non-hydrogen) atoms. The van der Waals surface area contributed by atoms with Gasteiger partial charge in [0, 0.05) is 0 Å². The van der Waals surface area contributed by atoms with Crippen LogP contribution in [0.25, 0.3) is 0 Å². The SMILES string of the molecule is CCOC(=O)C(C)(C)C(=O)CS(=O)(=O)C1CCCC(C)C1. The minimum absolute atomic E-state index is 0.169. The summed E-state index contributed by atoms with van der Waals surface area (Å²) in [5.41, 5.74) is -1.41. The summed E-state index contributed by atoms with van der Waals surface area (Å²) in [5.74, 6) is -1.45. The average Bonchev–Trinajstić information content (AvgIpc) is 2.38. The summed E-state index contributed by atoms with van der Waals surface area (Å²) >= 11 is 0. The molecule has 5 nitrogen and oxygen atoms in total. The molecule has 0 aromatic rings. The zero-order chi connectivity index (χ0) is 16.3. The highest BCUT2D eigenvalue weighted by Crippen LogP contribution is 2.30. The normalized spacial score (nSPS) is 23.6. The van der Waals surface area contributed by atoms with Crippen molar-refractivity contribution < 1.29 is 22.7 Å². The lowest BCUT2D eigenvalue weighted by Gasteiger charge is -2.27. The number of carbonyl (C=O) groups excluding carboxylic acids is 2. The zero-order valence-corrected chi connectivity index (χ0v) is 14.2. The van der Waals surface area contributed by atoms with Crippen molar-refractivity contribution in [3.8, 4) is 0 Å². The average molecular weight is 318 g/mol. The summed E-state index contributed by atoms with van der Waals surface area (Å²) in [7, 11) is -3.50. The second-order valence-electron chi connectivity index (χ2n) is 6.47. The molecular formula is C15H26O5S. The summed E-state index contributed by atoms with van der Waals surface area (Å²) in [6.07, 6.45) is 3.13. The molecule has 1 saturated carbocycles. The van der Waals surface area contributed by atoms with Gasteiger partial charge in [0.05, 0.1) is 11.9 Å². The number of carbonyl (C=O) groups is 2. The fourth-order valence-electron chi connectivity index (χ4n) is 2.61. The highest BCUT2D eigenvalue weighted by atomic mass is 32.2. The Balaban J connectivity index is 2.78. The molecule has 1 fully saturated rings. The molecule has 122 valence electrons. The topological polar surface area (TPSA) is 77.5 Å². The molecular weight excluding hydrogens is 292 g/mol. The fourth-order valence-corrected chi connectivity index (χ4v) is 4.72. The van der Waals surface area contributed by atoms with Crippen LogP contribution in [-0.4, -0.2) is 37.8 Å². The van der Waals surface area contributed by atoms with Crippen LogP contribution < -0.4 is 0 Å². The minimum atomic E-state index is -3.50. The fraction of sp³-hybridized carbons (Fsp3) is 0.867. The van der Waals surface area contributed by atoms with Crippen molar-refractivity contribution in [2.45, 2.75) is 58.6 Å². The van der Waals surface area contributed by atoms with Crippen LogP contribution in [0, 0.1) is 11.3 Å². The first-order chi connectivity index (χ1) is 9.61. The van der Waals surface area contributed by atoms with Gasteiger partial charge in [-0.3, -0.25) is 9.59 Å². The van der Waals surface area contributed by atoms with Gasteiger partial charge in [0.2, 0.25) is 0 Å². The molecule has 6 heteroatoms. The minimum Gasteiger partial charge on any atom is -0.465 e. The second-order valence-corrected chi connectivity index (χ2v) is 8.75. The van der Waals surface area contributed by atoms with Gasteiger partial charge in [0.1, 0.15) is 11.2 Å². The molecule has 0 aliphatic heterocycles. The lowest BCUT2D eigenvalue weighted by atomic mass is 9.89.